The molecule has 3 rings (SSSR count). The molecule has 2 N–H and O–H groups in total. The molecule has 0 unspecified atom stereocenters. The number of piperidine rings is 1. The van der Waals surface area contributed by atoms with Crippen LogP contribution in [0.4, 0.5) is 16.2 Å². The van der Waals surface area contributed by atoms with Gasteiger partial charge in [0.05, 0.1) is 0 Å². The molecule has 1 heterocycles. The molecule has 0 aromatic heterocycles. The van der Waals surface area contributed by atoms with Crippen LogP contribution < -0.4 is 20.3 Å². The number of nitrogens with one attached hydrogen (secondary N) is 2. The van der Waals surface area contributed by atoms with Crippen LogP contribution >= 0.6 is 0 Å². The van der Waals surface area contributed by atoms with Crippen LogP contribution in [0, 0.1) is 6.92 Å². The lowest BCUT2D eigenvalue weighted by atomic mass is 10.1. The first kappa shape index (κ1) is 17.1. The van der Waals surface area contributed by atoms with Gasteiger partial charge in [0.15, 0.2) is 6.73 Å². The maximum atomic E-state index is 11.9. The molecule has 0 atom stereocenters. The molecule has 2 aromatic carbocycles. The lowest BCUT2D eigenvalue weighted by molar-refractivity contribution is 0.234. The van der Waals surface area contributed by atoms with E-state index >= 15 is 0 Å². The van der Waals surface area contributed by atoms with Crippen molar-refractivity contribution in [2.24, 2.45) is 0 Å². The molecule has 132 valence electrons. The molecule has 0 saturated carbocycles. The summed E-state index contributed by atoms with van der Waals surface area (Å²) in [5.74, 6) is 0.733. The molecule has 2 amide bonds. The Morgan fingerprint density at radius 3 is 2.36 bits per heavy atom. The Hall–Kier alpha value is -2.69. The van der Waals surface area contributed by atoms with Crippen LogP contribution in [0.1, 0.15) is 24.8 Å². The van der Waals surface area contributed by atoms with Crippen molar-refractivity contribution >= 4 is 17.4 Å². The monoisotopic (exact) mass is 339 g/mol. The van der Waals surface area contributed by atoms with Crippen LogP contribution in [0.15, 0.2) is 48.5 Å². The van der Waals surface area contributed by atoms with Crippen molar-refractivity contribution in [2.45, 2.75) is 26.2 Å². The van der Waals surface area contributed by atoms with Crippen LogP contribution in [-0.2, 0) is 0 Å². The van der Waals surface area contributed by atoms with E-state index in [0.29, 0.717) is 0 Å². The normalized spacial score (nSPS) is 14.0. The van der Waals surface area contributed by atoms with Gasteiger partial charge in [-0.25, -0.2) is 4.79 Å². The second kappa shape index (κ2) is 8.42. The summed E-state index contributed by atoms with van der Waals surface area (Å²) in [5.41, 5.74) is 3.16. The molecule has 1 fully saturated rings. The molecule has 0 bridgehead atoms. The standard InChI is InChI=1S/C20H25N3O2/c1-16-5-11-19(12-6-16)25-15-21-20(24)22-17-7-9-18(10-8-17)23-13-3-2-4-14-23/h5-12H,2-4,13-15H2,1H3,(H2,21,22,24). The van der Waals surface area contributed by atoms with E-state index in [0.717, 1.165) is 24.5 Å². The predicted molar refractivity (Wildman–Crippen MR) is 101 cm³/mol. The number of hydrogen-bond acceptors (Lipinski definition) is 3. The van der Waals surface area contributed by atoms with Gasteiger partial charge < -0.3 is 20.3 Å². The average molecular weight is 339 g/mol. The van der Waals surface area contributed by atoms with Crippen LogP contribution in [0.2, 0.25) is 0 Å². The summed E-state index contributed by atoms with van der Waals surface area (Å²) < 4.78 is 5.49. The lowest BCUT2D eigenvalue weighted by Crippen LogP contribution is -2.32. The fourth-order valence-corrected chi connectivity index (χ4v) is 2.90. The number of ether oxygens (including phenoxy) is 1. The summed E-state index contributed by atoms with van der Waals surface area (Å²) in [6.45, 7) is 4.38. The van der Waals surface area contributed by atoms with E-state index in [4.69, 9.17) is 4.74 Å². The van der Waals surface area contributed by atoms with E-state index in [2.05, 4.69) is 27.7 Å². The Balaban J connectivity index is 1.43. The van der Waals surface area contributed by atoms with Crippen LogP contribution in [0.25, 0.3) is 0 Å². The molecule has 0 radical (unpaired) electrons. The van der Waals surface area contributed by atoms with Gasteiger partial charge in [-0.1, -0.05) is 17.7 Å². The number of hydrogen-bond donors (Lipinski definition) is 2. The number of benzene rings is 2. The van der Waals surface area contributed by atoms with Crippen LogP contribution in [-0.4, -0.2) is 25.9 Å². The van der Waals surface area contributed by atoms with E-state index < -0.39 is 0 Å². The molecule has 1 saturated heterocycles. The van der Waals surface area contributed by atoms with Gasteiger partial charge in [-0.15, -0.1) is 0 Å². The van der Waals surface area contributed by atoms with E-state index in [1.54, 1.807) is 0 Å². The Labute approximate surface area is 149 Å². The number of rotatable bonds is 5. The number of urea groups is 1. The highest BCUT2D eigenvalue weighted by molar-refractivity contribution is 5.89. The fourth-order valence-electron chi connectivity index (χ4n) is 2.90. The van der Waals surface area contributed by atoms with Gasteiger partial charge in [-0.2, -0.15) is 0 Å². The molecule has 5 nitrogen and oxygen atoms in total. The summed E-state index contributed by atoms with van der Waals surface area (Å²) in [4.78, 5) is 14.3. The quantitative estimate of drug-likeness (QED) is 0.805. The molecule has 0 spiro atoms. The van der Waals surface area contributed by atoms with Crippen LogP contribution in [0.3, 0.4) is 0 Å². The van der Waals surface area contributed by atoms with Gasteiger partial charge >= 0.3 is 6.03 Å². The fraction of sp³-hybridized carbons (Fsp3) is 0.350. The van der Waals surface area contributed by atoms with Gasteiger partial charge in [-0.05, 0) is 62.6 Å². The van der Waals surface area contributed by atoms with Crippen molar-refractivity contribution in [1.82, 2.24) is 5.32 Å². The van der Waals surface area contributed by atoms with E-state index in [1.807, 2.05) is 43.3 Å². The maximum absolute atomic E-state index is 11.9. The summed E-state index contributed by atoms with van der Waals surface area (Å²) >= 11 is 0. The van der Waals surface area contributed by atoms with Crippen molar-refractivity contribution < 1.29 is 9.53 Å². The first-order chi connectivity index (χ1) is 12.2. The third-order valence-corrected chi connectivity index (χ3v) is 4.34. The number of aryl methyl sites for hydroxylation is 1. The van der Waals surface area contributed by atoms with E-state index in [-0.39, 0.29) is 12.8 Å². The zero-order chi connectivity index (χ0) is 17.5. The van der Waals surface area contributed by atoms with Crippen molar-refractivity contribution in [2.75, 3.05) is 30.0 Å². The largest absolute Gasteiger partial charge is 0.473 e. The Morgan fingerprint density at radius 2 is 1.68 bits per heavy atom. The summed E-state index contributed by atoms with van der Waals surface area (Å²) in [7, 11) is 0. The highest BCUT2D eigenvalue weighted by Gasteiger charge is 2.10. The molecule has 1 aliphatic heterocycles. The van der Waals surface area contributed by atoms with Gasteiger partial charge in [0.25, 0.3) is 0 Å². The topological polar surface area (TPSA) is 53.6 Å². The number of carbonyl (C=O) groups is 1. The lowest BCUT2D eigenvalue weighted by Gasteiger charge is -2.28. The third-order valence-electron chi connectivity index (χ3n) is 4.34. The molecule has 5 heteroatoms. The van der Waals surface area contributed by atoms with Crippen molar-refractivity contribution in [3.8, 4) is 5.75 Å². The second-order valence-electron chi connectivity index (χ2n) is 6.33. The Kier molecular flexibility index (Phi) is 5.77. The minimum absolute atomic E-state index is 0.126. The van der Waals surface area contributed by atoms with Crippen molar-refractivity contribution in [3.05, 3.63) is 54.1 Å². The van der Waals surface area contributed by atoms with Crippen molar-refractivity contribution in [1.29, 1.82) is 0 Å². The minimum atomic E-state index is -0.280. The van der Waals surface area contributed by atoms with Gasteiger partial charge in [0.2, 0.25) is 0 Å². The minimum Gasteiger partial charge on any atom is -0.473 e. The first-order valence-corrected chi connectivity index (χ1v) is 8.80. The smallest absolute Gasteiger partial charge is 0.321 e. The molecular formula is C20H25N3O2. The number of amides is 2. The summed E-state index contributed by atoms with van der Waals surface area (Å²) in [5, 5.41) is 5.51. The van der Waals surface area contributed by atoms with Crippen molar-refractivity contribution in [3.63, 3.8) is 0 Å². The van der Waals surface area contributed by atoms with Gasteiger partial charge in [0, 0.05) is 24.5 Å². The molecule has 25 heavy (non-hydrogen) atoms. The summed E-state index contributed by atoms with van der Waals surface area (Å²) in [6.07, 6.45) is 3.83. The summed E-state index contributed by atoms with van der Waals surface area (Å²) in [6, 6.07) is 15.4. The Morgan fingerprint density at radius 1 is 1.00 bits per heavy atom. The number of carbonyl (C=O) groups excluding carboxylic acids is 1. The highest BCUT2D eigenvalue weighted by atomic mass is 16.5. The second-order valence-corrected chi connectivity index (χ2v) is 6.33. The van der Waals surface area contributed by atoms with E-state index in [9.17, 15) is 4.79 Å². The molecular weight excluding hydrogens is 314 g/mol. The average Bonchev–Trinajstić information content (AvgIpc) is 2.65. The van der Waals surface area contributed by atoms with Gasteiger partial charge in [-0.3, -0.25) is 0 Å². The third kappa shape index (κ3) is 5.14. The maximum Gasteiger partial charge on any atom is 0.321 e. The predicted octanol–water partition coefficient (Wildman–Crippen LogP) is 4.14. The zero-order valence-electron chi connectivity index (χ0n) is 14.6. The molecule has 2 aromatic rings. The highest BCUT2D eigenvalue weighted by Crippen LogP contribution is 2.21. The SMILES string of the molecule is Cc1ccc(OCNC(=O)Nc2ccc(N3CCCCC3)cc2)cc1. The molecule has 1 aliphatic rings. The molecule has 0 aliphatic carbocycles. The zero-order valence-corrected chi connectivity index (χ0v) is 14.6. The first-order valence-electron chi connectivity index (χ1n) is 8.80. The van der Waals surface area contributed by atoms with Crippen LogP contribution in [0.5, 0.6) is 5.75 Å². The number of anilines is 2. The van der Waals surface area contributed by atoms with Gasteiger partial charge in [0.1, 0.15) is 5.75 Å². The number of nitrogens with zero attached hydrogens (tertiary/aromatic N) is 1. The Bertz CT molecular complexity index is 677. The van der Waals surface area contributed by atoms with E-state index in [1.165, 1.54) is 30.5 Å².